The molecule has 1 aromatic rings. The van der Waals surface area contributed by atoms with Crippen molar-refractivity contribution < 1.29 is 9.84 Å². The predicted octanol–water partition coefficient (Wildman–Crippen LogP) is 2.86. The lowest BCUT2D eigenvalue weighted by molar-refractivity contribution is 0.101. The SMILES string of the molecule is OC(CNC1CC2CCC1C2)COc1cccc(Cl)c1. The molecule has 2 aliphatic rings. The molecule has 2 bridgehead atoms. The van der Waals surface area contributed by atoms with Gasteiger partial charge in [-0.3, -0.25) is 0 Å². The fourth-order valence-electron chi connectivity index (χ4n) is 3.59. The molecule has 2 fully saturated rings. The average Bonchev–Trinajstić information content (AvgIpc) is 3.05. The van der Waals surface area contributed by atoms with Crippen LogP contribution in [0.25, 0.3) is 0 Å². The van der Waals surface area contributed by atoms with Crippen LogP contribution in [-0.4, -0.2) is 30.4 Å². The monoisotopic (exact) mass is 295 g/mol. The van der Waals surface area contributed by atoms with E-state index in [4.69, 9.17) is 16.3 Å². The van der Waals surface area contributed by atoms with Gasteiger partial charge in [0.15, 0.2) is 0 Å². The van der Waals surface area contributed by atoms with Crippen molar-refractivity contribution in [1.29, 1.82) is 0 Å². The van der Waals surface area contributed by atoms with Crippen molar-refractivity contribution in [3.63, 3.8) is 0 Å². The second-order valence-electron chi connectivity index (χ2n) is 6.11. The molecule has 3 nitrogen and oxygen atoms in total. The Morgan fingerprint density at radius 2 is 2.25 bits per heavy atom. The highest BCUT2D eigenvalue weighted by atomic mass is 35.5. The van der Waals surface area contributed by atoms with Crippen molar-refractivity contribution in [2.24, 2.45) is 11.8 Å². The van der Waals surface area contributed by atoms with Gasteiger partial charge in [-0.1, -0.05) is 24.1 Å². The van der Waals surface area contributed by atoms with E-state index in [1.165, 1.54) is 25.7 Å². The minimum absolute atomic E-state index is 0.300. The molecule has 4 unspecified atom stereocenters. The Hall–Kier alpha value is -0.770. The van der Waals surface area contributed by atoms with Gasteiger partial charge in [-0.05, 0) is 49.3 Å². The summed E-state index contributed by atoms with van der Waals surface area (Å²) in [6.07, 6.45) is 4.95. The lowest BCUT2D eigenvalue weighted by atomic mass is 9.95. The zero-order valence-electron chi connectivity index (χ0n) is 11.6. The summed E-state index contributed by atoms with van der Waals surface area (Å²) in [6, 6.07) is 7.87. The maximum atomic E-state index is 9.99. The van der Waals surface area contributed by atoms with Gasteiger partial charge in [0.1, 0.15) is 18.5 Å². The third kappa shape index (κ3) is 3.46. The molecule has 4 atom stereocenters. The summed E-state index contributed by atoms with van der Waals surface area (Å²) in [5.74, 6) is 2.47. The van der Waals surface area contributed by atoms with Crippen LogP contribution in [0.1, 0.15) is 25.7 Å². The molecule has 0 radical (unpaired) electrons. The standard InChI is InChI=1S/C16H22ClNO2/c17-13-2-1-3-15(8-13)20-10-14(19)9-18-16-7-11-4-5-12(16)6-11/h1-3,8,11-12,14,16,18-19H,4-7,9-10H2. The topological polar surface area (TPSA) is 41.5 Å². The van der Waals surface area contributed by atoms with E-state index in [9.17, 15) is 5.11 Å². The molecule has 2 aliphatic carbocycles. The highest BCUT2D eigenvalue weighted by Crippen LogP contribution is 2.44. The molecule has 2 saturated carbocycles. The van der Waals surface area contributed by atoms with Gasteiger partial charge in [0.2, 0.25) is 0 Å². The quantitative estimate of drug-likeness (QED) is 0.848. The fraction of sp³-hybridized carbons (Fsp3) is 0.625. The Labute approximate surface area is 125 Å². The van der Waals surface area contributed by atoms with Gasteiger partial charge in [-0.2, -0.15) is 0 Å². The molecular formula is C16H22ClNO2. The number of rotatable bonds is 6. The second kappa shape index (κ2) is 6.33. The summed E-state index contributed by atoms with van der Waals surface area (Å²) in [4.78, 5) is 0. The van der Waals surface area contributed by atoms with Gasteiger partial charge in [-0.15, -0.1) is 0 Å². The van der Waals surface area contributed by atoms with Crippen LogP contribution in [0.4, 0.5) is 0 Å². The van der Waals surface area contributed by atoms with Crippen molar-refractivity contribution >= 4 is 11.6 Å². The van der Waals surface area contributed by atoms with Crippen molar-refractivity contribution in [3.8, 4) is 5.75 Å². The van der Waals surface area contributed by atoms with Crippen LogP contribution in [0.3, 0.4) is 0 Å². The van der Waals surface area contributed by atoms with Gasteiger partial charge in [-0.25, -0.2) is 0 Å². The third-order valence-electron chi connectivity index (χ3n) is 4.59. The van der Waals surface area contributed by atoms with E-state index in [2.05, 4.69) is 5.32 Å². The van der Waals surface area contributed by atoms with Crippen LogP contribution in [-0.2, 0) is 0 Å². The second-order valence-corrected chi connectivity index (χ2v) is 6.55. The van der Waals surface area contributed by atoms with Crippen molar-refractivity contribution in [3.05, 3.63) is 29.3 Å². The van der Waals surface area contributed by atoms with Gasteiger partial charge in [0.25, 0.3) is 0 Å². The average molecular weight is 296 g/mol. The van der Waals surface area contributed by atoms with E-state index >= 15 is 0 Å². The molecule has 4 heteroatoms. The summed E-state index contributed by atoms with van der Waals surface area (Å²) < 4.78 is 5.55. The number of benzene rings is 1. The first-order valence-electron chi connectivity index (χ1n) is 7.50. The summed E-state index contributed by atoms with van der Waals surface area (Å²) in [7, 11) is 0. The zero-order valence-corrected chi connectivity index (χ0v) is 12.4. The smallest absolute Gasteiger partial charge is 0.120 e. The van der Waals surface area contributed by atoms with E-state index in [0.29, 0.717) is 30.0 Å². The number of fused-ring (bicyclic) bond motifs is 2. The van der Waals surface area contributed by atoms with Crippen molar-refractivity contribution in [2.75, 3.05) is 13.2 Å². The Morgan fingerprint density at radius 3 is 2.95 bits per heavy atom. The number of ether oxygens (including phenoxy) is 1. The van der Waals surface area contributed by atoms with E-state index in [1.807, 2.05) is 18.2 Å². The summed E-state index contributed by atoms with van der Waals surface area (Å²) in [6.45, 7) is 0.905. The van der Waals surface area contributed by atoms with Crippen molar-refractivity contribution in [2.45, 2.75) is 37.8 Å². The number of hydrogen-bond acceptors (Lipinski definition) is 3. The minimum atomic E-state index is -0.479. The number of hydrogen-bond donors (Lipinski definition) is 2. The van der Waals surface area contributed by atoms with Crippen LogP contribution >= 0.6 is 11.6 Å². The van der Waals surface area contributed by atoms with Crippen LogP contribution in [0, 0.1) is 11.8 Å². The highest BCUT2D eigenvalue weighted by molar-refractivity contribution is 6.30. The Kier molecular flexibility index (Phi) is 4.49. The molecular weight excluding hydrogens is 274 g/mol. The minimum Gasteiger partial charge on any atom is -0.491 e. The number of aliphatic hydroxyl groups excluding tert-OH is 1. The van der Waals surface area contributed by atoms with Gasteiger partial charge in [0.05, 0.1) is 0 Å². The lowest BCUT2D eigenvalue weighted by Crippen LogP contribution is -2.40. The highest BCUT2D eigenvalue weighted by Gasteiger charge is 2.39. The van der Waals surface area contributed by atoms with E-state index in [-0.39, 0.29) is 0 Å². The molecule has 110 valence electrons. The Balaban J connectivity index is 1.38. The van der Waals surface area contributed by atoms with Crippen LogP contribution in [0.15, 0.2) is 24.3 Å². The van der Waals surface area contributed by atoms with Crippen LogP contribution < -0.4 is 10.1 Å². The summed E-state index contributed by atoms with van der Waals surface area (Å²) >= 11 is 5.89. The summed E-state index contributed by atoms with van der Waals surface area (Å²) in [5.41, 5.74) is 0. The Morgan fingerprint density at radius 1 is 1.35 bits per heavy atom. The molecule has 0 spiro atoms. The maximum Gasteiger partial charge on any atom is 0.120 e. The van der Waals surface area contributed by atoms with Crippen molar-refractivity contribution in [1.82, 2.24) is 5.32 Å². The van der Waals surface area contributed by atoms with Crippen LogP contribution in [0.2, 0.25) is 5.02 Å². The number of aliphatic hydroxyl groups is 1. The van der Waals surface area contributed by atoms with Gasteiger partial charge >= 0.3 is 0 Å². The predicted molar refractivity (Wildman–Crippen MR) is 80.2 cm³/mol. The first kappa shape index (κ1) is 14.2. The lowest BCUT2D eigenvalue weighted by Gasteiger charge is -2.24. The number of nitrogens with one attached hydrogen (secondary N) is 1. The molecule has 0 amide bonds. The molecule has 0 aliphatic heterocycles. The molecule has 0 aromatic heterocycles. The third-order valence-corrected chi connectivity index (χ3v) is 4.83. The van der Waals surface area contributed by atoms with Gasteiger partial charge in [0, 0.05) is 17.6 Å². The molecule has 0 saturated heterocycles. The van der Waals surface area contributed by atoms with E-state index < -0.39 is 6.10 Å². The van der Waals surface area contributed by atoms with E-state index in [0.717, 1.165) is 11.8 Å². The van der Waals surface area contributed by atoms with Crippen LogP contribution in [0.5, 0.6) is 5.75 Å². The molecule has 20 heavy (non-hydrogen) atoms. The Bertz CT molecular complexity index is 454. The maximum absolute atomic E-state index is 9.99. The first-order chi connectivity index (χ1) is 9.70. The molecule has 3 rings (SSSR count). The fourth-order valence-corrected chi connectivity index (χ4v) is 3.77. The largest absolute Gasteiger partial charge is 0.491 e. The van der Waals surface area contributed by atoms with E-state index in [1.54, 1.807) is 6.07 Å². The van der Waals surface area contributed by atoms with Gasteiger partial charge < -0.3 is 15.2 Å². The molecule has 1 aromatic carbocycles. The zero-order chi connectivity index (χ0) is 13.9. The number of halogens is 1. The normalized spacial score (nSPS) is 29.6. The molecule has 2 N–H and O–H groups in total. The molecule has 0 heterocycles. The summed E-state index contributed by atoms with van der Waals surface area (Å²) in [5, 5.41) is 14.1. The first-order valence-corrected chi connectivity index (χ1v) is 7.88.